The highest BCUT2D eigenvalue weighted by atomic mass is 35.5. The molecule has 0 fully saturated rings. The van der Waals surface area contributed by atoms with Gasteiger partial charge in [-0.05, 0) is 29.8 Å². The van der Waals surface area contributed by atoms with Gasteiger partial charge in [0.25, 0.3) is 0 Å². The van der Waals surface area contributed by atoms with Crippen molar-refractivity contribution < 1.29 is 4.79 Å². The fourth-order valence-corrected chi connectivity index (χ4v) is 1.45. The van der Waals surface area contributed by atoms with Crippen LogP contribution in [0.15, 0.2) is 36.5 Å². The Morgan fingerprint density at radius 3 is 2.56 bits per heavy atom. The fraction of sp³-hybridized carbons (Fsp3) is 0. The van der Waals surface area contributed by atoms with Crippen molar-refractivity contribution in [2.24, 2.45) is 0 Å². The third kappa shape index (κ3) is 2.35. The first-order chi connectivity index (χ1) is 7.79. The van der Waals surface area contributed by atoms with E-state index in [1.165, 1.54) is 0 Å². The smallest absolute Gasteiger partial charge is 0.222 e. The Hall–Kier alpha value is -1.94. The minimum absolute atomic E-state index is 0.215. The molecular weight excluding hydrogens is 226 g/mol. The third-order valence-electron chi connectivity index (χ3n) is 2.03. The minimum atomic E-state index is 0.215. The van der Waals surface area contributed by atoms with Crippen molar-refractivity contribution in [2.75, 3.05) is 5.32 Å². The number of benzene rings is 1. The molecule has 2 aromatic rings. The third-order valence-corrected chi connectivity index (χ3v) is 2.21. The molecule has 80 valence electrons. The van der Waals surface area contributed by atoms with Gasteiger partial charge in [0.1, 0.15) is 0 Å². The van der Waals surface area contributed by atoms with Crippen LogP contribution < -0.4 is 5.32 Å². The molecule has 5 heteroatoms. The molecule has 0 unspecified atom stereocenters. The zero-order valence-electron chi connectivity index (χ0n) is 8.22. The summed E-state index contributed by atoms with van der Waals surface area (Å²) in [5, 5.41) is 2.77. The maximum Gasteiger partial charge on any atom is 0.222 e. The second-order valence-electron chi connectivity index (χ2n) is 3.05. The molecule has 0 bridgehead atoms. The molecule has 0 spiro atoms. The van der Waals surface area contributed by atoms with Gasteiger partial charge in [-0.25, -0.2) is 9.97 Å². The van der Waals surface area contributed by atoms with Crippen LogP contribution in [0.5, 0.6) is 0 Å². The van der Waals surface area contributed by atoms with Crippen LogP contribution in [0.3, 0.4) is 0 Å². The lowest BCUT2D eigenvalue weighted by Crippen LogP contribution is -1.93. The Morgan fingerprint density at radius 1 is 1.19 bits per heavy atom. The Bertz CT molecular complexity index is 499. The monoisotopic (exact) mass is 233 g/mol. The molecule has 0 aliphatic heterocycles. The van der Waals surface area contributed by atoms with Gasteiger partial charge >= 0.3 is 0 Å². The van der Waals surface area contributed by atoms with Crippen molar-refractivity contribution in [3.05, 3.63) is 41.8 Å². The molecule has 1 amide bonds. The Balaban J connectivity index is 2.31. The molecule has 2 rings (SSSR count). The number of hydrogen-bond donors (Lipinski definition) is 1. The summed E-state index contributed by atoms with van der Waals surface area (Å²) in [5.74, 6) is 0. The van der Waals surface area contributed by atoms with Gasteiger partial charge in [0.15, 0.2) is 0 Å². The summed E-state index contributed by atoms with van der Waals surface area (Å²) in [6.07, 6.45) is 2.23. The van der Waals surface area contributed by atoms with Crippen molar-refractivity contribution in [1.82, 2.24) is 9.97 Å². The zero-order valence-corrected chi connectivity index (χ0v) is 8.98. The van der Waals surface area contributed by atoms with Gasteiger partial charge in [-0.1, -0.05) is 12.1 Å². The molecule has 1 aromatic heterocycles. The summed E-state index contributed by atoms with van der Waals surface area (Å²) in [4.78, 5) is 18.1. The van der Waals surface area contributed by atoms with Crippen LogP contribution in [0.1, 0.15) is 0 Å². The highest BCUT2D eigenvalue weighted by molar-refractivity contribution is 6.28. The summed E-state index contributed by atoms with van der Waals surface area (Å²) in [6.45, 7) is 0. The van der Waals surface area contributed by atoms with Crippen LogP contribution >= 0.6 is 11.6 Å². The van der Waals surface area contributed by atoms with Crippen LogP contribution in [0, 0.1) is 0 Å². The summed E-state index contributed by atoms with van der Waals surface area (Å²) in [5.41, 5.74) is 2.40. The van der Waals surface area contributed by atoms with Crippen molar-refractivity contribution in [1.29, 1.82) is 0 Å². The van der Waals surface area contributed by atoms with Gasteiger partial charge < -0.3 is 5.32 Å². The van der Waals surface area contributed by atoms with E-state index in [0.717, 1.165) is 16.9 Å². The fourth-order valence-electron chi connectivity index (χ4n) is 1.30. The summed E-state index contributed by atoms with van der Waals surface area (Å²) < 4.78 is 0. The van der Waals surface area contributed by atoms with E-state index in [4.69, 9.17) is 11.6 Å². The van der Waals surface area contributed by atoms with Crippen molar-refractivity contribution in [3.8, 4) is 11.3 Å². The molecule has 1 aromatic carbocycles. The van der Waals surface area contributed by atoms with Crippen LogP contribution in [-0.2, 0) is 4.79 Å². The lowest BCUT2D eigenvalue weighted by atomic mass is 10.1. The molecule has 0 saturated heterocycles. The number of anilines is 1. The van der Waals surface area contributed by atoms with E-state index >= 15 is 0 Å². The average molecular weight is 234 g/mol. The first-order valence-electron chi connectivity index (χ1n) is 4.59. The number of rotatable bonds is 3. The average Bonchev–Trinajstić information content (AvgIpc) is 2.30. The molecule has 0 atom stereocenters. The normalized spacial score (nSPS) is 9.81. The number of carbonyl (C=O) groups is 1. The molecule has 0 aliphatic rings. The predicted molar refractivity (Wildman–Crippen MR) is 62.2 cm³/mol. The molecule has 16 heavy (non-hydrogen) atoms. The molecular formula is C11H8ClN3O. The summed E-state index contributed by atoms with van der Waals surface area (Å²) in [7, 11) is 0. The second kappa shape index (κ2) is 4.72. The summed E-state index contributed by atoms with van der Waals surface area (Å²) >= 11 is 5.69. The van der Waals surface area contributed by atoms with Gasteiger partial charge in [0.2, 0.25) is 11.7 Å². The molecule has 4 nitrogen and oxygen atoms in total. The van der Waals surface area contributed by atoms with Crippen LogP contribution in [0.25, 0.3) is 11.3 Å². The zero-order chi connectivity index (χ0) is 11.4. The Labute approximate surface area is 97.3 Å². The maximum absolute atomic E-state index is 10.2. The summed E-state index contributed by atoms with van der Waals surface area (Å²) in [6, 6.07) is 9.06. The van der Waals surface area contributed by atoms with E-state index in [2.05, 4.69) is 15.3 Å². The lowest BCUT2D eigenvalue weighted by Gasteiger charge is -2.02. The van der Waals surface area contributed by atoms with Gasteiger partial charge in [-0.15, -0.1) is 0 Å². The Morgan fingerprint density at radius 2 is 1.94 bits per heavy atom. The largest absolute Gasteiger partial charge is 0.329 e. The molecule has 1 heterocycles. The number of carbonyl (C=O) groups excluding carboxylic acids is 1. The number of nitrogens with one attached hydrogen (secondary N) is 1. The van der Waals surface area contributed by atoms with Gasteiger partial charge in [-0.3, -0.25) is 4.79 Å². The lowest BCUT2D eigenvalue weighted by molar-refractivity contribution is -0.105. The number of nitrogens with zero attached hydrogens (tertiary/aromatic N) is 2. The molecule has 0 aliphatic carbocycles. The number of aromatic nitrogens is 2. The van der Waals surface area contributed by atoms with E-state index in [9.17, 15) is 4.79 Å². The van der Waals surface area contributed by atoms with Crippen molar-refractivity contribution in [2.45, 2.75) is 0 Å². The predicted octanol–water partition coefficient (Wildman–Crippen LogP) is 2.37. The van der Waals surface area contributed by atoms with Gasteiger partial charge in [0.05, 0.1) is 5.69 Å². The first-order valence-corrected chi connectivity index (χ1v) is 4.96. The highest BCUT2D eigenvalue weighted by Gasteiger charge is 2.00. The standard InChI is InChI=1S/C11H8ClN3O/c12-11-13-6-5-10(15-11)8-1-3-9(4-2-8)14-7-16/h1-7H,(H,14,16). The van der Waals surface area contributed by atoms with Crippen molar-refractivity contribution >= 4 is 23.7 Å². The van der Waals surface area contributed by atoms with Crippen LogP contribution in [-0.4, -0.2) is 16.4 Å². The van der Waals surface area contributed by atoms with E-state index in [1.807, 2.05) is 12.1 Å². The quantitative estimate of drug-likeness (QED) is 0.654. The van der Waals surface area contributed by atoms with E-state index in [0.29, 0.717) is 6.41 Å². The SMILES string of the molecule is O=CNc1ccc(-c2ccnc(Cl)n2)cc1. The van der Waals surface area contributed by atoms with Crippen LogP contribution in [0.2, 0.25) is 5.28 Å². The van der Waals surface area contributed by atoms with Crippen LogP contribution in [0.4, 0.5) is 5.69 Å². The van der Waals surface area contributed by atoms with Crippen molar-refractivity contribution in [3.63, 3.8) is 0 Å². The topological polar surface area (TPSA) is 54.9 Å². The second-order valence-corrected chi connectivity index (χ2v) is 3.39. The molecule has 0 saturated carbocycles. The molecule has 1 N–H and O–H groups in total. The number of halogens is 1. The van der Waals surface area contributed by atoms with E-state index in [1.54, 1.807) is 24.4 Å². The maximum atomic E-state index is 10.2. The van der Waals surface area contributed by atoms with E-state index in [-0.39, 0.29) is 5.28 Å². The van der Waals surface area contributed by atoms with Gasteiger partial charge in [-0.2, -0.15) is 0 Å². The molecule has 0 radical (unpaired) electrons. The van der Waals surface area contributed by atoms with E-state index < -0.39 is 0 Å². The van der Waals surface area contributed by atoms with Gasteiger partial charge in [0, 0.05) is 17.4 Å². The Kier molecular flexibility index (Phi) is 3.12. The minimum Gasteiger partial charge on any atom is -0.329 e. The highest BCUT2D eigenvalue weighted by Crippen LogP contribution is 2.19. The first kappa shape index (κ1) is 10.6. The number of amides is 1. The number of hydrogen-bond acceptors (Lipinski definition) is 3.